The number of rotatable bonds is 0. The topological polar surface area (TPSA) is 45.8 Å². The molecule has 1 aromatic carbocycles. The summed E-state index contributed by atoms with van der Waals surface area (Å²) >= 11 is 0. The summed E-state index contributed by atoms with van der Waals surface area (Å²) in [4.78, 5) is 17.8. The fraction of sp³-hybridized carbons (Fsp3) is 0.273. The largest absolute Gasteiger partial charge is 0.313 e. The van der Waals surface area contributed by atoms with E-state index in [1.165, 1.54) is 6.33 Å². The van der Waals surface area contributed by atoms with Crippen molar-refractivity contribution in [1.82, 2.24) is 9.97 Å². The Labute approximate surface area is 96.0 Å². The van der Waals surface area contributed by atoms with E-state index in [4.69, 9.17) is 0 Å². The molecule has 0 radical (unpaired) electrons. The van der Waals surface area contributed by atoms with Crippen LogP contribution in [0.25, 0.3) is 10.9 Å². The number of hydrogen-bond acceptors (Lipinski definition) is 2. The first kappa shape index (κ1) is 13.7. The Bertz CT molecular complexity index is 479. The summed E-state index contributed by atoms with van der Waals surface area (Å²) in [6, 6.07) is 5.62. The number of hydrogen-bond donors (Lipinski definition) is 1. The molecule has 0 bridgehead atoms. The number of benzene rings is 1. The molecule has 82 valence electrons. The molecule has 3 nitrogen and oxygen atoms in total. The summed E-state index contributed by atoms with van der Waals surface area (Å²) < 4.78 is 0. The first-order valence-electron chi connectivity index (χ1n) is 4.71. The van der Waals surface area contributed by atoms with Gasteiger partial charge < -0.3 is 4.98 Å². The van der Waals surface area contributed by atoms with Crippen molar-refractivity contribution in [3.8, 4) is 0 Å². The van der Waals surface area contributed by atoms with Gasteiger partial charge in [0.2, 0.25) is 0 Å². The Balaban J connectivity index is 0.000000617. The lowest BCUT2D eigenvalue weighted by Gasteiger charge is -1.95. The molecule has 0 unspecified atom stereocenters. The molecule has 2 rings (SSSR count). The van der Waals surface area contributed by atoms with E-state index >= 15 is 0 Å². The summed E-state index contributed by atoms with van der Waals surface area (Å²) in [6.45, 7) is 5.95. The zero-order valence-corrected chi connectivity index (χ0v) is 10.2. The first-order chi connectivity index (χ1) is 6.77. The molecular weight excluding hydrogens is 208 g/mol. The van der Waals surface area contributed by atoms with Crippen molar-refractivity contribution in [3.05, 3.63) is 40.4 Å². The lowest BCUT2D eigenvalue weighted by molar-refractivity contribution is 1.17. The predicted molar refractivity (Wildman–Crippen MR) is 68.8 cm³/mol. The van der Waals surface area contributed by atoms with Crippen LogP contribution in [0.4, 0.5) is 0 Å². The number of aromatic amines is 1. The highest BCUT2D eigenvalue weighted by molar-refractivity contribution is 7.59. The predicted octanol–water partition coefficient (Wildman–Crippen LogP) is 2.37. The molecule has 2 aromatic rings. The molecule has 1 aromatic heterocycles. The Hall–Kier alpha value is -1.29. The second-order valence-electron chi connectivity index (χ2n) is 2.75. The third-order valence-electron chi connectivity index (χ3n) is 1.80. The third kappa shape index (κ3) is 3.09. The average Bonchev–Trinajstić information content (AvgIpc) is 2.22. The Morgan fingerprint density at radius 3 is 2.60 bits per heavy atom. The van der Waals surface area contributed by atoms with E-state index in [0.717, 1.165) is 11.1 Å². The smallest absolute Gasteiger partial charge is 0.258 e. The van der Waals surface area contributed by atoms with Crippen LogP contribution in [0.5, 0.6) is 0 Å². The number of H-pyrrole nitrogens is 1. The average molecular weight is 224 g/mol. The molecule has 0 aliphatic carbocycles. The lowest BCUT2D eigenvalue weighted by Crippen LogP contribution is -2.05. The highest BCUT2D eigenvalue weighted by Crippen LogP contribution is 2.07. The van der Waals surface area contributed by atoms with E-state index in [1.54, 1.807) is 0 Å². The highest BCUT2D eigenvalue weighted by Gasteiger charge is 1.97. The van der Waals surface area contributed by atoms with Crippen LogP contribution in [-0.4, -0.2) is 9.97 Å². The summed E-state index contributed by atoms with van der Waals surface area (Å²) in [5.41, 5.74) is 1.73. The van der Waals surface area contributed by atoms with E-state index < -0.39 is 0 Å². The maximum absolute atomic E-state index is 11.2. The van der Waals surface area contributed by atoms with Crippen molar-refractivity contribution in [3.63, 3.8) is 0 Å². The van der Waals surface area contributed by atoms with Gasteiger partial charge in [-0.05, 0) is 19.1 Å². The molecule has 4 heteroatoms. The SMILES string of the molecule is CC.Cc1ccc2nc[nH]c(=O)c2c1.S. The van der Waals surface area contributed by atoms with Crippen LogP contribution in [-0.2, 0) is 0 Å². The Kier molecular flexibility index (Phi) is 5.70. The van der Waals surface area contributed by atoms with Gasteiger partial charge in [-0.15, -0.1) is 0 Å². The maximum Gasteiger partial charge on any atom is 0.258 e. The Morgan fingerprint density at radius 1 is 1.27 bits per heavy atom. The van der Waals surface area contributed by atoms with Crippen molar-refractivity contribution in [2.24, 2.45) is 0 Å². The number of aryl methyl sites for hydroxylation is 1. The van der Waals surface area contributed by atoms with Crippen LogP contribution >= 0.6 is 13.5 Å². The summed E-state index contributed by atoms with van der Waals surface area (Å²) in [5.74, 6) is 0. The minimum atomic E-state index is -0.0799. The molecule has 0 spiro atoms. The van der Waals surface area contributed by atoms with Crippen molar-refractivity contribution in [2.45, 2.75) is 20.8 Å². The molecule has 15 heavy (non-hydrogen) atoms. The van der Waals surface area contributed by atoms with Gasteiger partial charge in [0, 0.05) is 0 Å². The number of nitrogens with one attached hydrogen (secondary N) is 1. The van der Waals surface area contributed by atoms with E-state index in [0.29, 0.717) is 5.39 Å². The van der Waals surface area contributed by atoms with E-state index in [2.05, 4.69) is 9.97 Å². The molecule has 0 amide bonds. The van der Waals surface area contributed by atoms with E-state index in [-0.39, 0.29) is 19.1 Å². The number of aromatic nitrogens is 2. The van der Waals surface area contributed by atoms with Gasteiger partial charge in [0.25, 0.3) is 5.56 Å². The quantitative estimate of drug-likeness (QED) is 0.746. The first-order valence-corrected chi connectivity index (χ1v) is 4.71. The van der Waals surface area contributed by atoms with Gasteiger partial charge in [-0.3, -0.25) is 4.79 Å². The van der Waals surface area contributed by atoms with Gasteiger partial charge >= 0.3 is 0 Å². The van der Waals surface area contributed by atoms with Crippen molar-refractivity contribution >= 4 is 24.4 Å². The molecule has 0 atom stereocenters. The van der Waals surface area contributed by atoms with Crippen LogP contribution in [0.15, 0.2) is 29.3 Å². The van der Waals surface area contributed by atoms with Gasteiger partial charge in [0.1, 0.15) is 0 Å². The van der Waals surface area contributed by atoms with Gasteiger partial charge in [-0.2, -0.15) is 13.5 Å². The molecule has 0 aliphatic rings. The fourth-order valence-corrected chi connectivity index (χ4v) is 1.18. The van der Waals surface area contributed by atoms with Crippen LogP contribution in [0.1, 0.15) is 19.4 Å². The van der Waals surface area contributed by atoms with E-state index in [9.17, 15) is 4.79 Å². The zero-order chi connectivity index (χ0) is 10.6. The van der Waals surface area contributed by atoms with Crippen LogP contribution < -0.4 is 5.56 Å². The minimum absolute atomic E-state index is 0. The lowest BCUT2D eigenvalue weighted by atomic mass is 10.2. The van der Waals surface area contributed by atoms with Gasteiger partial charge in [-0.25, -0.2) is 4.98 Å². The highest BCUT2D eigenvalue weighted by atomic mass is 32.1. The summed E-state index contributed by atoms with van der Waals surface area (Å²) in [5, 5.41) is 0.650. The summed E-state index contributed by atoms with van der Waals surface area (Å²) in [6.07, 6.45) is 1.42. The second-order valence-corrected chi connectivity index (χ2v) is 2.75. The standard InChI is InChI=1S/C9H8N2O.C2H6.H2S/c1-6-2-3-8-7(4-6)9(12)11-5-10-8;1-2;/h2-5H,1H3,(H,10,11,12);1-2H3;1H2. The molecule has 0 saturated heterocycles. The fourth-order valence-electron chi connectivity index (χ4n) is 1.18. The van der Waals surface area contributed by atoms with Gasteiger partial charge in [0.05, 0.1) is 17.2 Å². The normalized spacial score (nSPS) is 8.73. The summed E-state index contributed by atoms with van der Waals surface area (Å²) in [7, 11) is 0. The molecule has 0 aliphatic heterocycles. The second kappa shape index (κ2) is 6.24. The monoisotopic (exact) mass is 224 g/mol. The zero-order valence-electron chi connectivity index (χ0n) is 9.16. The van der Waals surface area contributed by atoms with Crippen molar-refractivity contribution < 1.29 is 0 Å². The van der Waals surface area contributed by atoms with Crippen LogP contribution in [0.3, 0.4) is 0 Å². The van der Waals surface area contributed by atoms with Crippen molar-refractivity contribution in [1.29, 1.82) is 0 Å². The Morgan fingerprint density at radius 2 is 1.93 bits per heavy atom. The minimum Gasteiger partial charge on any atom is -0.313 e. The molecule has 0 saturated carbocycles. The number of nitrogens with zero attached hydrogens (tertiary/aromatic N) is 1. The molecule has 1 heterocycles. The van der Waals surface area contributed by atoms with Crippen molar-refractivity contribution in [2.75, 3.05) is 0 Å². The van der Waals surface area contributed by atoms with Gasteiger partial charge in [-0.1, -0.05) is 25.5 Å². The van der Waals surface area contributed by atoms with Crippen LogP contribution in [0.2, 0.25) is 0 Å². The maximum atomic E-state index is 11.2. The molecule has 1 N–H and O–H groups in total. The molecule has 0 fully saturated rings. The van der Waals surface area contributed by atoms with Gasteiger partial charge in [0.15, 0.2) is 0 Å². The third-order valence-corrected chi connectivity index (χ3v) is 1.80. The van der Waals surface area contributed by atoms with E-state index in [1.807, 2.05) is 39.0 Å². The molecular formula is C11H16N2OS. The number of fused-ring (bicyclic) bond motifs is 1. The van der Waals surface area contributed by atoms with Crippen LogP contribution in [0, 0.1) is 6.92 Å².